The number of phosphoric acid groups is 1. The fraction of sp³-hybridized carbons (Fsp3) is 0.725. The number of carbonyl (C=O) groups is 2. The molecule has 0 aromatic rings. The van der Waals surface area contributed by atoms with Crippen LogP contribution < -0.4 is 5.73 Å². The molecule has 11 nitrogen and oxygen atoms in total. The number of nitrogens with two attached hydrogens (primary N) is 1. The van der Waals surface area contributed by atoms with Crippen LogP contribution in [0.4, 0.5) is 0 Å². The first-order valence-corrected chi connectivity index (χ1v) is 26.1. The summed E-state index contributed by atoms with van der Waals surface area (Å²) in [7, 11) is -4.43. The fourth-order valence-electron chi connectivity index (χ4n) is 6.60. The summed E-state index contributed by atoms with van der Waals surface area (Å²) < 4.78 is 32.7. The Kier molecular flexibility index (Phi) is 44.0. The molecule has 0 heterocycles. The lowest BCUT2D eigenvalue weighted by Crippen LogP contribution is -2.29. The molecule has 0 aromatic carbocycles. The van der Waals surface area contributed by atoms with E-state index < -0.39 is 44.7 Å². The van der Waals surface area contributed by atoms with Gasteiger partial charge in [-0.1, -0.05) is 215 Å². The minimum atomic E-state index is -4.43. The molecule has 0 aliphatic rings. The zero-order chi connectivity index (χ0) is 46.3. The highest BCUT2D eigenvalue weighted by atomic mass is 31.2. The van der Waals surface area contributed by atoms with Gasteiger partial charge in [0.25, 0.3) is 0 Å². The van der Waals surface area contributed by atoms with Crippen LogP contribution in [0, 0.1) is 0 Å². The Morgan fingerprint density at radius 1 is 0.571 bits per heavy atom. The van der Waals surface area contributed by atoms with Crippen molar-refractivity contribution in [3.05, 3.63) is 72.9 Å². The van der Waals surface area contributed by atoms with E-state index in [1.54, 1.807) is 36.5 Å². The van der Waals surface area contributed by atoms with Crippen LogP contribution in [0.5, 0.6) is 0 Å². The van der Waals surface area contributed by atoms with Crippen LogP contribution in [0.1, 0.15) is 194 Å². The number of aliphatic hydroxyl groups excluding tert-OH is 2. The monoisotopic (exact) mass is 908 g/mol. The second-order valence-corrected chi connectivity index (χ2v) is 17.8. The topological polar surface area (TPSA) is 175 Å². The lowest BCUT2D eigenvalue weighted by Gasteiger charge is -2.19. The number of rotatable bonds is 45. The van der Waals surface area contributed by atoms with Crippen molar-refractivity contribution in [2.24, 2.45) is 5.73 Å². The van der Waals surface area contributed by atoms with E-state index in [0.717, 1.165) is 25.7 Å². The zero-order valence-electron chi connectivity index (χ0n) is 39.5. The fourth-order valence-corrected chi connectivity index (χ4v) is 7.37. The number of hydrogen-bond donors (Lipinski definition) is 4. The van der Waals surface area contributed by atoms with E-state index in [9.17, 15) is 29.3 Å². The second kappa shape index (κ2) is 45.9. The molecule has 63 heavy (non-hydrogen) atoms. The van der Waals surface area contributed by atoms with Crippen LogP contribution in [-0.4, -0.2) is 71.7 Å². The van der Waals surface area contributed by atoms with Gasteiger partial charge in [-0.15, -0.1) is 0 Å². The maximum absolute atomic E-state index is 12.6. The summed E-state index contributed by atoms with van der Waals surface area (Å²) in [6.07, 6.45) is 50.2. The van der Waals surface area contributed by atoms with E-state index in [1.165, 1.54) is 109 Å². The SMILES string of the molecule is CC/C=C\C[C@@H](O)/C=C/C=C\C=C\[C@@H](O)C/C=C\C/C=C\CCC(=O)OC[C@H](COP(=O)(O)OCCN)OC(=O)CCCCCCCCCCCCCCCCCCCCCCC. The Morgan fingerprint density at radius 3 is 1.54 bits per heavy atom. The number of ether oxygens (including phenoxy) is 2. The summed E-state index contributed by atoms with van der Waals surface area (Å²) in [4.78, 5) is 35.0. The third kappa shape index (κ3) is 45.7. The Hall–Kier alpha value is -2.63. The first-order valence-electron chi connectivity index (χ1n) is 24.6. The molecule has 0 aliphatic heterocycles. The largest absolute Gasteiger partial charge is 0.472 e. The maximum atomic E-state index is 12.6. The molecule has 0 spiro atoms. The lowest BCUT2D eigenvalue weighted by molar-refractivity contribution is -0.161. The third-order valence-electron chi connectivity index (χ3n) is 10.3. The van der Waals surface area contributed by atoms with Crippen LogP contribution in [0.25, 0.3) is 0 Å². The van der Waals surface area contributed by atoms with E-state index in [-0.39, 0.29) is 32.6 Å². The maximum Gasteiger partial charge on any atom is 0.472 e. The van der Waals surface area contributed by atoms with Gasteiger partial charge in [-0.05, 0) is 38.5 Å². The van der Waals surface area contributed by atoms with Crippen molar-refractivity contribution in [2.45, 2.75) is 212 Å². The molecule has 5 N–H and O–H groups in total. The van der Waals surface area contributed by atoms with E-state index in [4.69, 9.17) is 24.3 Å². The standard InChI is InChI=1S/C51H90NO10P/c1-3-5-7-8-9-10-11-12-13-14-15-16-17-18-19-20-21-22-23-28-36-42-51(56)62-49(46-61-63(57,58)60-44-43-52)45-59-50(55)41-35-27-25-24-26-32-38-48(54)40-34-30-29-33-39-47(53)37-31-6-4-2/h6,25-27,29-34,39-40,47-49,53-54H,3-5,7-24,28,35-38,41-46,52H2,1-2H3,(H,57,58)/b27-25-,30-29-,31-6-,32-26-,39-33+,40-34+/t47-,48+,49-/m1/s1. The summed E-state index contributed by atoms with van der Waals surface area (Å²) in [6.45, 7) is 3.36. The second-order valence-electron chi connectivity index (χ2n) is 16.4. The number of unbranched alkanes of at least 4 members (excludes halogenated alkanes) is 20. The smallest absolute Gasteiger partial charge is 0.462 e. The van der Waals surface area contributed by atoms with E-state index in [1.807, 2.05) is 43.4 Å². The van der Waals surface area contributed by atoms with Crippen molar-refractivity contribution in [1.82, 2.24) is 0 Å². The first-order chi connectivity index (χ1) is 30.6. The number of phosphoric ester groups is 1. The molecule has 0 fully saturated rings. The molecular weight excluding hydrogens is 818 g/mol. The lowest BCUT2D eigenvalue weighted by atomic mass is 10.0. The van der Waals surface area contributed by atoms with Gasteiger partial charge in [-0.3, -0.25) is 18.6 Å². The van der Waals surface area contributed by atoms with Gasteiger partial charge in [0.1, 0.15) is 6.61 Å². The molecule has 0 bridgehead atoms. The Morgan fingerprint density at radius 2 is 1.05 bits per heavy atom. The van der Waals surface area contributed by atoms with Crippen molar-refractivity contribution in [3.8, 4) is 0 Å². The van der Waals surface area contributed by atoms with Crippen molar-refractivity contribution in [1.29, 1.82) is 0 Å². The summed E-state index contributed by atoms with van der Waals surface area (Å²) in [5.74, 6) is -0.993. The molecule has 12 heteroatoms. The highest BCUT2D eigenvalue weighted by Crippen LogP contribution is 2.43. The van der Waals surface area contributed by atoms with Crippen molar-refractivity contribution < 1.29 is 47.8 Å². The predicted octanol–water partition coefficient (Wildman–Crippen LogP) is 12.6. The van der Waals surface area contributed by atoms with Gasteiger partial charge in [0.15, 0.2) is 6.10 Å². The Labute approximate surface area is 383 Å². The molecule has 0 radical (unpaired) electrons. The molecule has 4 atom stereocenters. The molecule has 0 amide bonds. The van der Waals surface area contributed by atoms with Crippen molar-refractivity contribution in [2.75, 3.05) is 26.4 Å². The van der Waals surface area contributed by atoms with Crippen molar-refractivity contribution >= 4 is 19.8 Å². The third-order valence-corrected chi connectivity index (χ3v) is 11.3. The molecule has 0 saturated carbocycles. The van der Waals surface area contributed by atoms with E-state index in [2.05, 4.69) is 6.92 Å². The van der Waals surface area contributed by atoms with E-state index in [0.29, 0.717) is 32.1 Å². The normalized spacial score (nSPS) is 14.8. The summed E-state index contributed by atoms with van der Waals surface area (Å²) in [6, 6.07) is 0. The van der Waals surface area contributed by atoms with Gasteiger partial charge in [0.2, 0.25) is 0 Å². The molecule has 1 unspecified atom stereocenters. The number of allylic oxidation sites excluding steroid dienone is 8. The Bertz CT molecular complexity index is 1300. The highest BCUT2D eigenvalue weighted by molar-refractivity contribution is 7.47. The van der Waals surface area contributed by atoms with Crippen LogP contribution >= 0.6 is 7.82 Å². The predicted molar refractivity (Wildman–Crippen MR) is 259 cm³/mol. The minimum Gasteiger partial charge on any atom is -0.462 e. The number of carbonyl (C=O) groups excluding carboxylic acids is 2. The van der Waals surface area contributed by atoms with Crippen molar-refractivity contribution in [3.63, 3.8) is 0 Å². The molecule has 0 rings (SSSR count). The summed E-state index contributed by atoms with van der Waals surface area (Å²) >= 11 is 0. The summed E-state index contributed by atoms with van der Waals surface area (Å²) in [5, 5.41) is 20.0. The van der Waals surface area contributed by atoms with Gasteiger partial charge in [-0.25, -0.2) is 4.57 Å². The van der Waals surface area contributed by atoms with Crippen LogP contribution in [0.2, 0.25) is 0 Å². The van der Waals surface area contributed by atoms with Gasteiger partial charge in [0.05, 0.1) is 25.4 Å². The molecule has 364 valence electrons. The van der Waals surface area contributed by atoms with Gasteiger partial charge in [0, 0.05) is 19.4 Å². The average molecular weight is 908 g/mol. The highest BCUT2D eigenvalue weighted by Gasteiger charge is 2.26. The van der Waals surface area contributed by atoms with Gasteiger partial charge < -0.3 is 30.3 Å². The van der Waals surface area contributed by atoms with Gasteiger partial charge in [-0.2, -0.15) is 0 Å². The van der Waals surface area contributed by atoms with Crippen LogP contribution in [-0.2, 0) is 32.7 Å². The molecule has 0 aliphatic carbocycles. The Balaban J connectivity index is 4.27. The number of aliphatic hydroxyl groups is 2. The quantitative estimate of drug-likeness (QED) is 0.0150. The van der Waals surface area contributed by atoms with E-state index >= 15 is 0 Å². The number of hydrogen-bond acceptors (Lipinski definition) is 10. The first kappa shape index (κ1) is 60.4. The number of esters is 2. The summed E-state index contributed by atoms with van der Waals surface area (Å²) in [5.41, 5.74) is 5.35. The van der Waals surface area contributed by atoms with Crippen LogP contribution in [0.15, 0.2) is 72.9 Å². The van der Waals surface area contributed by atoms with Crippen LogP contribution in [0.3, 0.4) is 0 Å². The molecule has 0 aromatic heterocycles. The zero-order valence-corrected chi connectivity index (χ0v) is 40.4. The molecular formula is C51H90NO10P. The molecule has 0 saturated heterocycles. The minimum absolute atomic E-state index is 0.0253. The van der Waals surface area contributed by atoms with Gasteiger partial charge >= 0.3 is 19.8 Å². The average Bonchev–Trinajstić information content (AvgIpc) is 3.26.